The van der Waals surface area contributed by atoms with Crippen molar-refractivity contribution < 1.29 is 4.42 Å². The van der Waals surface area contributed by atoms with Gasteiger partial charge in [0.1, 0.15) is 11.2 Å². The number of anilines is 3. The van der Waals surface area contributed by atoms with Crippen molar-refractivity contribution in [1.82, 2.24) is 4.98 Å². The van der Waals surface area contributed by atoms with Crippen molar-refractivity contribution in [2.24, 2.45) is 0 Å². The highest BCUT2D eigenvalue weighted by Crippen LogP contribution is 2.43. The Morgan fingerprint density at radius 2 is 1.12 bits per heavy atom. The standard InChI is InChI=1S/C39H26N2O/c1-2-7-27(8-3-1)29-15-19-33(20-16-29)41(36-11-6-12-38-39(36)35-26-40-24-23-37(35)42-38)34-21-17-30(18-22-34)32-14-13-28-9-4-5-10-31(28)25-32/h1-26H. The van der Waals surface area contributed by atoms with Crippen molar-refractivity contribution >= 4 is 49.8 Å². The van der Waals surface area contributed by atoms with E-state index in [1.165, 1.54) is 33.0 Å². The average molecular weight is 539 g/mol. The molecule has 2 aromatic heterocycles. The minimum Gasteiger partial charge on any atom is -0.456 e. The number of hydrogen-bond donors (Lipinski definition) is 0. The van der Waals surface area contributed by atoms with Crippen molar-refractivity contribution in [2.75, 3.05) is 4.90 Å². The molecular weight excluding hydrogens is 512 g/mol. The Kier molecular flexibility index (Phi) is 5.79. The van der Waals surface area contributed by atoms with Gasteiger partial charge in [-0.05, 0) is 81.6 Å². The van der Waals surface area contributed by atoms with Crippen LogP contribution >= 0.6 is 0 Å². The zero-order valence-electron chi connectivity index (χ0n) is 22.8. The van der Waals surface area contributed by atoms with Gasteiger partial charge in [-0.15, -0.1) is 0 Å². The normalized spacial score (nSPS) is 11.3. The Morgan fingerprint density at radius 1 is 0.476 bits per heavy atom. The number of furan rings is 1. The lowest BCUT2D eigenvalue weighted by Crippen LogP contribution is -2.10. The third-order valence-corrected chi connectivity index (χ3v) is 7.96. The molecule has 0 spiro atoms. The average Bonchev–Trinajstić information content (AvgIpc) is 3.45. The zero-order valence-corrected chi connectivity index (χ0v) is 22.8. The van der Waals surface area contributed by atoms with Crippen LogP contribution in [-0.4, -0.2) is 4.98 Å². The van der Waals surface area contributed by atoms with E-state index in [4.69, 9.17) is 4.42 Å². The number of pyridine rings is 1. The second-order valence-corrected chi connectivity index (χ2v) is 10.5. The summed E-state index contributed by atoms with van der Waals surface area (Å²) in [7, 11) is 0. The summed E-state index contributed by atoms with van der Waals surface area (Å²) in [5, 5.41) is 4.54. The Labute approximate surface area is 243 Å². The van der Waals surface area contributed by atoms with Crippen LogP contribution in [0, 0.1) is 0 Å². The zero-order chi connectivity index (χ0) is 27.9. The molecule has 0 saturated heterocycles. The first-order chi connectivity index (χ1) is 20.8. The van der Waals surface area contributed by atoms with E-state index in [-0.39, 0.29) is 0 Å². The van der Waals surface area contributed by atoms with Gasteiger partial charge in [-0.1, -0.05) is 97.1 Å². The van der Waals surface area contributed by atoms with Crippen LogP contribution in [-0.2, 0) is 0 Å². The molecule has 0 aliphatic rings. The quantitative estimate of drug-likeness (QED) is 0.218. The van der Waals surface area contributed by atoms with Gasteiger partial charge >= 0.3 is 0 Å². The van der Waals surface area contributed by atoms with E-state index < -0.39 is 0 Å². The molecule has 2 heterocycles. The molecule has 0 aliphatic heterocycles. The van der Waals surface area contributed by atoms with Gasteiger partial charge in [0.05, 0.1) is 11.1 Å². The second-order valence-electron chi connectivity index (χ2n) is 10.5. The van der Waals surface area contributed by atoms with Crippen molar-refractivity contribution in [2.45, 2.75) is 0 Å². The molecular formula is C39H26N2O. The van der Waals surface area contributed by atoms with Crippen LogP contribution in [0.3, 0.4) is 0 Å². The van der Waals surface area contributed by atoms with E-state index in [1.807, 2.05) is 24.4 Å². The molecule has 42 heavy (non-hydrogen) atoms. The number of nitrogens with zero attached hydrogens (tertiary/aromatic N) is 2. The predicted octanol–water partition coefficient (Wildman–Crippen LogP) is 10.9. The molecule has 0 radical (unpaired) electrons. The lowest BCUT2D eigenvalue weighted by molar-refractivity contribution is 0.668. The summed E-state index contributed by atoms with van der Waals surface area (Å²) in [6.45, 7) is 0. The molecule has 8 aromatic rings. The molecule has 8 rings (SSSR count). The van der Waals surface area contributed by atoms with Crippen molar-refractivity contribution in [3.05, 3.63) is 158 Å². The van der Waals surface area contributed by atoms with Gasteiger partial charge < -0.3 is 9.32 Å². The highest BCUT2D eigenvalue weighted by atomic mass is 16.3. The molecule has 198 valence electrons. The first-order valence-corrected chi connectivity index (χ1v) is 14.1. The van der Waals surface area contributed by atoms with E-state index >= 15 is 0 Å². The van der Waals surface area contributed by atoms with Crippen molar-refractivity contribution in [1.29, 1.82) is 0 Å². The maximum atomic E-state index is 6.24. The van der Waals surface area contributed by atoms with Crippen LogP contribution in [0.1, 0.15) is 0 Å². The maximum Gasteiger partial charge on any atom is 0.138 e. The van der Waals surface area contributed by atoms with E-state index in [2.05, 4.69) is 137 Å². The van der Waals surface area contributed by atoms with E-state index in [0.29, 0.717) is 0 Å². The topological polar surface area (TPSA) is 29.3 Å². The summed E-state index contributed by atoms with van der Waals surface area (Å²) in [6, 6.07) is 51.4. The Bertz CT molecular complexity index is 2180. The Hall–Kier alpha value is -5.67. The van der Waals surface area contributed by atoms with Crippen LogP contribution in [0.15, 0.2) is 162 Å². The summed E-state index contributed by atoms with van der Waals surface area (Å²) in [4.78, 5) is 6.72. The molecule has 3 heteroatoms. The lowest BCUT2D eigenvalue weighted by Gasteiger charge is -2.26. The minimum atomic E-state index is 0.832. The van der Waals surface area contributed by atoms with Gasteiger partial charge in [-0.25, -0.2) is 0 Å². The van der Waals surface area contributed by atoms with E-state index in [9.17, 15) is 0 Å². The number of rotatable bonds is 5. The second kappa shape index (κ2) is 10.1. The number of benzene rings is 6. The summed E-state index contributed by atoms with van der Waals surface area (Å²) >= 11 is 0. The highest BCUT2D eigenvalue weighted by molar-refractivity contribution is 6.13. The SMILES string of the molecule is c1ccc(-c2ccc(N(c3ccc(-c4ccc5ccccc5c4)cc3)c3cccc4oc5ccncc5c34)cc2)cc1. The fourth-order valence-electron chi connectivity index (χ4n) is 5.87. The third-order valence-electron chi connectivity index (χ3n) is 7.96. The lowest BCUT2D eigenvalue weighted by atomic mass is 10.0. The molecule has 3 nitrogen and oxygen atoms in total. The largest absolute Gasteiger partial charge is 0.456 e. The molecule has 0 saturated carbocycles. The van der Waals surface area contributed by atoms with Crippen molar-refractivity contribution in [3.8, 4) is 22.3 Å². The molecule has 0 N–H and O–H groups in total. The maximum absolute atomic E-state index is 6.24. The Balaban J connectivity index is 1.27. The van der Waals surface area contributed by atoms with Gasteiger partial charge in [-0.2, -0.15) is 0 Å². The number of fused-ring (bicyclic) bond motifs is 4. The highest BCUT2D eigenvalue weighted by Gasteiger charge is 2.19. The van der Waals surface area contributed by atoms with Gasteiger partial charge in [0, 0.05) is 29.2 Å². The number of aromatic nitrogens is 1. The van der Waals surface area contributed by atoms with Crippen LogP contribution in [0.25, 0.3) is 55.0 Å². The molecule has 0 fully saturated rings. The molecule has 0 unspecified atom stereocenters. The molecule has 6 aromatic carbocycles. The van der Waals surface area contributed by atoms with Crippen LogP contribution in [0.5, 0.6) is 0 Å². The van der Waals surface area contributed by atoms with Gasteiger partial charge in [-0.3, -0.25) is 4.98 Å². The summed E-state index contributed by atoms with van der Waals surface area (Å²) in [5.41, 5.74) is 9.62. The van der Waals surface area contributed by atoms with Gasteiger partial charge in [0.15, 0.2) is 0 Å². The minimum absolute atomic E-state index is 0.832. The number of hydrogen-bond acceptors (Lipinski definition) is 3. The Morgan fingerprint density at radius 3 is 1.88 bits per heavy atom. The monoisotopic (exact) mass is 538 g/mol. The van der Waals surface area contributed by atoms with Crippen LogP contribution in [0.4, 0.5) is 17.1 Å². The predicted molar refractivity (Wildman–Crippen MR) is 175 cm³/mol. The van der Waals surface area contributed by atoms with E-state index in [1.54, 1.807) is 6.20 Å². The van der Waals surface area contributed by atoms with E-state index in [0.717, 1.165) is 39.0 Å². The first-order valence-electron chi connectivity index (χ1n) is 14.1. The summed E-state index contributed by atoms with van der Waals surface area (Å²) < 4.78 is 6.24. The molecule has 0 bridgehead atoms. The van der Waals surface area contributed by atoms with Crippen molar-refractivity contribution in [3.63, 3.8) is 0 Å². The third kappa shape index (κ3) is 4.20. The fraction of sp³-hybridized carbons (Fsp3) is 0. The summed E-state index contributed by atoms with van der Waals surface area (Å²) in [5.74, 6) is 0. The van der Waals surface area contributed by atoms with Crippen LogP contribution in [0.2, 0.25) is 0 Å². The fourth-order valence-corrected chi connectivity index (χ4v) is 5.87. The first kappa shape index (κ1) is 24.2. The van der Waals surface area contributed by atoms with Gasteiger partial charge in [0.25, 0.3) is 0 Å². The summed E-state index contributed by atoms with van der Waals surface area (Å²) in [6.07, 6.45) is 3.67. The molecule has 0 aliphatic carbocycles. The van der Waals surface area contributed by atoms with Gasteiger partial charge in [0.2, 0.25) is 0 Å². The molecule has 0 atom stereocenters. The van der Waals surface area contributed by atoms with Crippen LogP contribution < -0.4 is 4.90 Å². The smallest absolute Gasteiger partial charge is 0.138 e. The molecule has 0 amide bonds.